The van der Waals surface area contributed by atoms with Gasteiger partial charge in [0, 0.05) is 37.0 Å². The monoisotopic (exact) mass is 336 g/mol. The van der Waals surface area contributed by atoms with Gasteiger partial charge in [-0.15, -0.1) is 0 Å². The van der Waals surface area contributed by atoms with Crippen LogP contribution in [-0.2, 0) is 9.53 Å². The molecular weight excluding hydrogens is 312 g/mol. The minimum Gasteiger partial charge on any atom is -0.378 e. The number of carbonyl (C=O) groups excluding carboxylic acids is 1. The zero-order valence-electron chi connectivity index (χ0n) is 13.7. The molecule has 3 rings (SSSR count). The average molecular weight is 337 g/mol. The normalized spacial score (nSPS) is 24.2. The van der Waals surface area contributed by atoms with Crippen molar-refractivity contribution in [1.29, 1.82) is 0 Å². The van der Waals surface area contributed by atoms with Gasteiger partial charge in [-0.05, 0) is 49.8 Å². The number of rotatable bonds is 5. The van der Waals surface area contributed by atoms with E-state index in [0.29, 0.717) is 12.3 Å². The van der Waals surface area contributed by atoms with Crippen LogP contribution in [-0.4, -0.2) is 38.3 Å². The number of benzene rings is 1. The molecule has 4 nitrogen and oxygen atoms in total. The number of nitrogens with zero attached hydrogens (tertiary/aromatic N) is 1. The molecule has 0 unspecified atom stereocenters. The maximum atomic E-state index is 12.0. The molecule has 0 spiro atoms. The van der Waals surface area contributed by atoms with Crippen LogP contribution in [0.1, 0.15) is 31.2 Å². The van der Waals surface area contributed by atoms with Crippen molar-refractivity contribution in [3.05, 3.63) is 28.8 Å². The lowest BCUT2D eigenvalue weighted by molar-refractivity contribution is -0.123. The van der Waals surface area contributed by atoms with Crippen LogP contribution >= 0.6 is 11.6 Å². The second-order valence-corrected chi connectivity index (χ2v) is 7.11. The quantitative estimate of drug-likeness (QED) is 0.898. The Balaban J connectivity index is 1.46. The number of aryl methyl sites for hydroxylation is 1. The number of anilines is 1. The first-order valence-electron chi connectivity index (χ1n) is 8.51. The van der Waals surface area contributed by atoms with Crippen molar-refractivity contribution in [2.24, 2.45) is 5.92 Å². The molecule has 1 aromatic carbocycles. The summed E-state index contributed by atoms with van der Waals surface area (Å²) in [7, 11) is 0. The SMILES string of the molecule is Cc1ccc(Cl)cc1N1CC[C@H](CNC(=O)C[C@H]2CCCO2)C1. The van der Waals surface area contributed by atoms with E-state index in [4.69, 9.17) is 16.3 Å². The van der Waals surface area contributed by atoms with E-state index in [1.54, 1.807) is 0 Å². The van der Waals surface area contributed by atoms with E-state index in [9.17, 15) is 4.79 Å². The first-order chi connectivity index (χ1) is 11.1. The van der Waals surface area contributed by atoms with Gasteiger partial charge in [0.2, 0.25) is 5.91 Å². The van der Waals surface area contributed by atoms with Gasteiger partial charge in [-0.3, -0.25) is 4.79 Å². The maximum Gasteiger partial charge on any atom is 0.222 e. The first-order valence-corrected chi connectivity index (χ1v) is 8.89. The predicted octanol–water partition coefficient (Wildman–Crippen LogP) is 3.16. The van der Waals surface area contributed by atoms with E-state index in [2.05, 4.69) is 23.2 Å². The fourth-order valence-electron chi connectivity index (χ4n) is 3.48. The average Bonchev–Trinajstić information content (AvgIpc) is 3.19. The lowest BCUT2D eigenvalue weighted by Gasteiger charge is -2.21. The van der Waals surface area contributed by atoms with E-state index in [-0.39, 0.29) is 12.0 Å². The van der Waals surface area contributed by atoms with Gasteiger partial charge in [-0.1, -0.05) is 17.7 Å². The van der Waals surface area contributed by atoms with Crippen molar-refractivity contribution in [2.45, 2.75) is 38.7 Å². The number of halogens is 1. The zero-order chi connectivity index (χ0) is 16.2. The van der Waals surface area contributed by atoms with E-state index in [1.165, 1.54) is 11.3 Å². The Morgan fingerprint density at radius 1 is 1.43 bits per heavy atom. The summed E-state index contributed by atoms with van der Waals surface area (Å²) in [4.78, 5) is 14.4. The van der Waals surface area contributed by atoms with E-state index in [0.717, 1.165) is 50.5 Å². The number of hydrogen-bond donors (Lipinski definition) is 1. The Morgan fingerprint density at radius 3 is 3.09 bits per heavy atom. The minimum atomic E-state index is 0.120. The number of ether oxygens (including phenoxy) is 1. The van der Waals surface area contributed by atoms with Gasteiger partial charge >= 0.3 is 0 Å². The molecule has 1 aromatic rings. The molecule has 2 aliphatic heterocycles. The van der Waals surface area contributed by atoms with E-state index in [1.807, 2.05) is 12.1 Å². The third-order valence-electron chi connectivity index (χ3n) is 4.82. The Labute approximate surface area is 143 Å². The van der Waals surface area contributed by atoms with Crippen LogP contribution in [0, 0.1) is 12.8 Å². The van der Waals surface area contributed by atoms with Crippen molar-refractivity contribution < 1.29 is 9.53 Å². The summed E-state index contributed by atoms with van der Waals surface area (Å²) in [5.74, 6) is 0.621. The van der Waals surface area contributed by atoms with Gasteiger partial charge in [0.15, 0.2) is 0 Å². The molecule has 0 saturated carbocycles. The summed E-state index contributed by atoms with van der Waals surface area (Å²) in [5.41, 5.74) is 2.46. The van der Waals surface area contributed by atoms with Gasteiger partial charge in [0.25, 0.3) is 0 Å². The van der Waals surface area contributed by atoms with Crippen LogP contribution in [0.2, 0.25) is 5.02 Å². The molecule has 0 radical (unpaired) electrons. The zero-order valence-corrected chi connectivity index (χ0v) is 14.4. The van der Waals surface area contributed by atoms with Gasteiger partial charge in [-0.2, -0.15) is 0 Å². The van der Waals surface area contributed by atoms with Crippen LogP contribution in [0.4, 0.5) is 5.69 Å². The molecule has 2 atom stereocenters. The highest BCUT2D eigenvalue weighted by molar-refractivity contribution is 6.30. The highest BCUT2D eigenvalue weighted by Gasteiger charge is 2.25. The Kier molecular flexibility index (Phi) is 5.44. The summed E-state index contributed by atoms with van der Waals surface area (Å²) in [6.07, 6.45) is 3.83. The number of nitrogens with one attached hydrogen (secondary N) is 1. The highest BCUT2D eigenvalue weighted by atomic mass is 35.5. The summed E-state index contributed by atoms with van der Waals surface area (Å²) >= 11 is 6.12. The van der Waals surface area contributed by atoms with E-state index >= 15 is 0 Å². The lowest BCUT2D eigenvalue weighted by atomic mass is 10.1. The number of carbonyl (C=O) groups is 1. The Morgan fingerprint density at radius 2 is 2.30 bits per heavy atom. The van der Waals surface area contributed by atoms with Crippen LogP contribution in [0.15, 0.2) is 18.2 Å². The fraction of sp³-hybridized carbons (Fsp3) is 0.611. The fourth-order valence-corrected chi connectivity index (χ4v) is 3.65. The van der Waals surface area contributed by atoms with Gasteiger partial charge in [0.1, 0.15) is 0 Å². The molecule has 5 heteroatoms. The molecule has 0 bridgehead atoms. The molecular formula is C18H25ClN2O2. The third-order valence-corrected chi connectivity index (χ3v) is 5.06. The van der Waals surface area contributed by atoms with Crippen molar-refractivity contribution in [1.82, 2.24) is 5.32 Å². The summed E-state index contributed by atoms with van der Waals surface area (Å²) in [5, 5.41) is 3.85. The smallest absolute Gasteiger partial charge is 0.222 e. The second kappa shape index (κ2) is 7.54. The molecule has 2 heterocycles. The van der Waals surface area contributed by atoms with Crippen LogP contribution < -0.4 is 10.2 Å². The van der Waals surface area contributed by atoms with Gasteiger partial charge in [0.05, 0.1) is 12.5 Å². The van der Waals surface area contributed by atoms with Crippen LogP contribution in [0.25, 0.3) is 0 Å². The van der Waals surface area contributed by atoms with Crippen LogP contribution in [0.3, 0.4) is 0 Å². The van der Waals surface area contributed by atoms with Gasteiger partial charge < -0.3 is 15.0 Å². The number of amides is 1. The minimum absolute atomic E-state index is 0.120. The Bertz CT molecular complexity index is 558. The third kappa shape index (κ3) is 4.39. The first kappa shape index (κ1) is 16.6. The van der Waals surface area contributed by atoms with Crippen molar-refractivity contribution in [3.63, 3.8) is 0 Å². The molecule has 126 valence electrons. The van der Waals surface area contributed by atoms with E-state index < -0.39 is 0 Å². The van der Waals surface area contributed by atoms with Crippen LogP contribution in [0.5, 0.6) is 0 Å². The molecule has 23 heavy (non-hydrogen) atoms. The highest BCUT2D eigenvalue weighted by Crippen LogP contribution is 2.29. The molecule has 0 aromatic heterocycles. The molecule has 2 saturated heterocycles. The summed E-state index contributed by atoms with van der Waals surface area (Å²) in [6, 6.07) is 6.03. The largest absolute Gasteiger partial charge is 0.378 e. The number of hydrogen-bond acceptors (Lipinski definition) is 3. The summed E-state index contributed by atoms with van der Waals surface area (Å²) in [6.45, 7) is 5.66. The molecule has 1 amide bonds. The molecule has 0 aliphatic carbocycles. The lowest BCUT2D eigenvalue weighted by Crippen LogP contribution is -2.33. The van der Waals surface area contributed by atoms with Crippen molar-refractivity contribution >= 4 is 23.2 Å². The molecule has 2 fully saturated rings. The maximum absolute atomic E-state index is 12.0. The topological polar surface area (TPSA) is 41.6 Å². The van der Waals surface area contributed by atoms with Crippen molar-refractivity contribution in [2.75, 3.05) is 31.1 Å². The van der Waals surface area contributed by atoms with Gasteiger partial charge in [-0.25, -0.2) is 0 Å². The van der Waals surface area contributed by atoms with Crippen molar-refractivity contribution in [3.8, 4) is 0 Å². The molecule has 2 aliphatic rings. The predicted molar refractivity (Wildman–Crippen MR) is 93.1 cm³/mol. The molecule has 1 N–H and O–H groups in total. The Hall–Kier alpha value is -1.26. The second-order valence-electron chi connectivity index (χ2n) is 6.67. The standard InChI is InChI=1S/C18H25ClN2O2/c1-13-4-5-15(19)9-17(13)21-7-6-14(12-21)11-20-18(22)10-16-3-2-8-23-16/h4-5,9,14,16H,2-3,6-8,10-12H2,1H3,(H,20,22)/t14-,16-/m1/s1. The summed E-state index contributed by atoms with van der Waals surface area (Å²) < 4.78 is 5.51.